The lowest BCUT2D eigenvalue weighted by Gasteiger charge is -2.20. The highest BCUT2D eigenvalue weighted by atomic mass is 79.9. The Labute approximate surface area is 136 Å². The Kier molecular flexibility index (Phi) is 4.67. The monoisotopic (exact) mass is 365 g/mol. The Balaban J connectivity index is 1.69. The van der Waals surface area contributed by atoms with Crippen molar-refractivity contribution in [2.45, 2.75) is 12.8 Å². The lowest BCUT2D eigenvalue weighted by molar-refractivity contribution is -0.120. The first-order valence-electron chi connectivity index (χ1n) is 6.95. The molecular formula is C15H16BrN3OS. The van der Waals surface area contributed by atoms with E-state index in [1.165, 1.54) is 11.3 Å². The van der Waals surface area contributed by atoms with Crippen molar-refractivity contribution >= 4 is 38.3 Å². The van der Waals surface area contributed by atoms with E-state index in [1.807, 2.05) is 29.6 Å². The molecule has 0 spiro atoms. The predicted octanol–water partition coefficient (Wildman–Crippen LogP) is 3.51. The molecule has 3 rings (SSSR count). The zero-order valence-electron chi connectivity index (χ0n) is 11.4. The van der Waals surface area contributed by atoms with Crippen LogP contribution in [-0.4, -0.2) is 24.0 Å². The van der Waals surface area contributed by atoms with E-state index in [0.29, 0.717) is 5.13 Å². The standard InChI is InChI=1S/C15H16BrN3OS/c16-12-3-1-2-11(8-12)13-9-21-15(18-13)19-14(20)10-4-6-17-7-5-10/h1-3,8-10,17H,4-7H2,(H,18,19,20). The third-order valence-corrected chi connectivity index (χ3v) is 4.82. The first-order chi connectivity index (χ1) is 10.2. The number of nitrogens with zero attached hydrogens (tertiary/aromatic N) is 1. The quantitative estimate of drug-likeness (QED) is 0.874. The van der Waals surface area contributed by atoms with E-state index in [4.69, 9.17) is 0 Å². The fourth-order valence-electron chi connectivity index (χ4n) is 2.40. The topological polar surface area (TPSA) is 54.0 Å². The summed E-state index contributed by atoms with van der Waals surface area (Å²) >= 11 is 4.93. The molecule has 0 bridgehead atoms. The van der Waals surface area contributed by atoms with Gasteiger partial charge in [0.1, 0.15) is 0 Å². The van der Waals surface area contributed by atoms with Gasteiger partial charge in [0.2, 0.25) is 5.91 Å². The molecule has 1 aromatic heterocycles. The van der Waals surface area contributed by atoms with Crippen LogP contribution < -0.4 is 10.6 Å². The molecule has 2 aromatic rings. The summed E-state index contributed by atoms with van der Waals surface area (Å²) < 4.78 is 1.02. The van der Waals surface area contributed by atoms with Crippen LogP contribution >= 0.6 is 27.3 Å². The van der Waals surface area contributed by atoms with Gasteiger partial charge in [-0.2, -0.15) is 0 Å². The van der Waals surface area contributed by atoms with Crippen LogP contribution in [0.3, 0.4) is 0 Å². The van der Waals surface area contributed by atoms with Crippen molar-refractivity contribution in [3.05, 3.63) is 34.1 Å². The minimum atomic E-state index is 0.0895. The highest BCUT2D eigenvalue weighted by molar-refractivity contribution is 9.10. The number of hydrogen-bond donors (Lipinski definition) is 2. The molecule has 4 nitrogen and oxygen atoms in total. The molecule has 1 fully saturated rings. The third kappa shape index (κ3) is 3.70. The Bertz CT molecular complexity index is 637. The van der Waals surface area contributed by atoms with Gasteiger partial charge in [0.25, 0.3) is 0 Å². The van der Waals surface area contributed by atoms with Gasteiger partial charge in [0, 0.05) is 21.3 Å². The first-order valence-corrected chi connectivity index (χ1v) is 8.63. The molecule has 1 aromatic carbocycles. The summed E-state index contributed by atoms with van der Waals surface area (Å²) in [7, 11) is 0. The molecule has 0 saturated carbocycles. The lowest BCUT2D eigenvalue weighted by atomic mass is 9.97. The van der Waals surface area contributed by atoms with Crippen LogP contribution in [0.2, 0.25) is 0 Å². The fraction of sp³-hybridized carbons (Fsp3) is 0.333. The second kappa shape index (κ2) is 6.68. The molecule has 21 heavy (non-hydrogen) atoms. The molecule has 1 saturated heterocycles. The minimum absolute atomic E-state index is 0.0895. The van der Waals surface area contributed by atoms with Crippen LogP contribution in [0.4, 0.5) is 5.13 Å². The molecule has 0 atom stereocenters. The van der Waals surface area contributed by atoms with E-state index < -0.39 is 0 Å². The number of nitrogens with one attached hydrogen (secondary N) is 2. The molecule has 0 unspecified atom stereocenters. The van der Waals surface area contributed by atoms with Gasteiger partial charge < -0.3 is 10.6 Å². The lowest BCUT2D eigenvalue weighted by Crippen LogP contribution is -2.34. The van der Waals surface area contributed by atoms with Gasteiger partial charge in [-0.15, -0.1) is 11.3 Å². The smallest absolute Gasteiger partial charge is 0.229 e. The summed E-state index contributed by atoms with van der Waals surface area (Å²) in [5, 5.41) is 8.86. The van der Waals surface area contributed by atoms with Crippen molar-refractivity contribution in [3.63, 3.8) is 0 Å². The second-order valence-corrected chi connectivity index (χ2v) is 6.84. The molecule has 2 N–H and O–H groups in total. The van der Waals surface area contributed by atoms with Crippen LogP contribution in [0, 0.1) is 5.92 Å². The van der Waals surface area contributed by atoms with Crippen molar-refractivity contribution in [3.8, 4) is 11.3 Å². The first kappa shape index (κ1) is 14.7. The van der Waals surface area contributed by atoms with Gasteiger partial charge in [-0.05, 0) is 38.1 Å². The number of thiazole rings is 1. The highest BCUT2D eigenvalue weighted by Crippen LogP contribution is 2.27. The Hall–Kier alpha value is -1.24. The van der Waals surface area contributed by atoms with E-state index in [1.54, 1.807) is 0 Å². The molecular weight excluding hydrogens is 350 g/mol. The summed E-state index contributed by atoms with van der Waals surface area (Å²) in [6.45, 7) is 1.83. The summed E-state index contributed by atoms with van der Waals surface area (Å²) in [5.74, 6) is 0.191. The van der Waals surface area contributed by atoms with Crippen LogP contribution in [0.25, 0.3) is 11.3 Å². The van der Waals surface area contributed by atoms with E-state index in [9.17, 15) is 4.79 Å². The van der Waals surface area contributed by atoms with Crippen LogP contribution in [-0.2, 0) is 4.79 Å². The van der Waals surface area contributed by atoms with E-state index in [2.05, 4.69) is 31.5 Å². The predicted molar refractivity (Wildman–Crippen MR) is 89.5 cm³/mol. The summed E-state index contributed by atoms with van der Waals surface area (Å²) in [5.41, 5.74) is 1.94. The number of benzene rings is 1. The van der Waals surface area contributed by atoms with E-state index in [0.717, 1.165) is 41.7 Å². The number of anilines is 1. The largest absolute Gasteiger partial charge is 0.317 e. The van der Waals surface area contributed by atoms with Gasteiger partial charge in [-0.25, -0.2) is 4.98 Å². The Morgan fingerprint density at radius 2 is 2.19 bits per heavy atom. The molecule has 6 heteroatoms. The zero-order valence-corrected chi connectivity index (χ0v) is 13.8. The number of amides is 1. The average molecular weight is 366 g/mol. The van der Waals surface area contributed by atoms with E-state index in [-0.39, 0.29) is 11.8 Å². The summed E-state index contributed by atoms with van der Waals surface area (Å²) in [4.78, 5) is 16.7. The fourth-order valence-corrected chi connectivity index (χ4v) is 3.52. The number of halogens is 1. The maximum Gasteiger partial charge on any atom is 0.229 e. The summed E-state index contributed by atoms with van der Waals surface area (Å²) in [6, 6.07) is 7.99. The molecule has 1 aliphatic heterocycles. The van der Waals surface area contributed by atoms with Crippen LogP contribution in [0.1, 0.15) is 12.8 Å². The Morgan fingerprint density at radius 1 is 1.38 bits per heavy atom. The van der Waals surface area contributed by atoms with Crippen molar-refractivity contribution in [1.29, 1.82) is 0 Å². The second-order valence-electron chi connectivity index (χ2n) is 5.06. The average Bonchev–Trinajstić information content (AvgIpc) is 2.97. The number of hydrogen-bond acceptors (Lipinski definition) is 4. The number of carbonyl (C=O) groups is 1. The minimum Gasteiger partial charge on any atom is -0.317 e. The number of carbonyl (C=O) groups excluding carboxylic acids is 1. The van der Waals surface area contributed by atoms with Crippen molar-refractivity contribution < 1.29 is 4.79 Å². The SMILES string of the molecule is O=C(Nc1nc(-c2cccc(Br)c2)cs1)C1CCNCC1. The maximum atomic E-state index is 12.2. The maximum absolute atomic E-state index is 12.2. The molecule has 1 aliphatic rings. The highest BCUT2D eigenvalue weighted by Gasteiger charge is 2.21. The van der Waals surface area contributed by atoms with Gasteiger partial charge in [0.05, 0.1) is 5.69 Å². The molecule has 2 heterocycles. The van der Waals surface area contributed by atoms with Crippen molar-refractivity contribution in [2.24, 2.45) is 5.92 Å². The van der Waals surface area contributed by atoms with Crippen LogP contribution in [0.5, 0.6) is 0 Å². The number of piperidine rings is 1. The third-order valence-electron chi connectivity index (χ3n) is 3.56. The van der Waals surface area contributed by atoms with Crippen molar-refractivity contribution in [2.75, 3.05) is 18.4 Å². The summed E-state index contributed by atoms with van der Waals surface area (Å²) in [6.07, 6.45) is 1.80. The molecule has 110 valence electrons. The van der Waals surface area contributed by atoms with Gasteiger partial charge in [0.15, 0.2) is 5.13 Å². The molecule has 0 radical (unpaired) electrons. The van der Waals surface area contributed by atoms with Crippen LogP contribution in [0.15, 0.2) is 34.1 Å². The molecule has 0 aliphatic carbocycles. The Morgan fingerprint density at radius 3 is 2.95 bits per heavy atom. The van der Waals surface area contributed by atoms with Gasteiger partial charge in [-0.3, -0.25) is 4.79 Å². The zero-order chi connectivity index (χ0) is 14.7. The van der Waals surface area contributed by atoms with Gasteiger partial charge in [-0.1, -0.05) is 28.1 Å². The van der Waals surface area contributed by atoms with E-state index >= 15 is 0 Å². The number of rotatable bonds is 3. The molecule has 1 amide bonds. The number of aromatic nitrogens is 1. The van der Waals surface area contributed by atoms with Gasteiger partial charge >= 0.3 is 0 Å². The van der Waals surface area contributed by atoms with Crippen molar-refractivity contribution in [1.82, 2.24) is 10.3 Å². The normalized spacial score (nSPS) is 15.9.